The highest BCUT2D eigenvalue weighted by molar-refractivity contribution is 7.99. The topological polar surface area (TPSA) is 113 Å². The molecule has 0 radical (unpaired) electrons. The number of benzene rings is 1. The number of H-pyrrole nitrogens is 1. The molecule has 0 saturated carbocycles. The van der Waals surface area contributed by atoms with Crippen molar-refractivity contribution >= 4 is 51.0 Å². The van der Waals surface area contributed by atoms with Crippen molar-refractivity contribution < 1.29 is 14.3 Å². The normalized spacial score (nSPS) is 11.9. The van der Waals surface area contributed by atoms with E-state index in [1.807, 2.05) is 32.9 Å². The number of aryl methyl sites for hydroxylation is 2. The lowest BCUT2D eigenvalue weighted by Crippen LogP contribution is -2.30. The number of anilines is 1. The summed E-state index contributed by atoms with van der Waals surface area (Å²) in [6.07, 6.45) is -0.536. The summed E-state index contributed by atoms with van der Waals surface area (Å²) >= 11 is 2.92. The van der Waals surface area contributed by atoms with E-state index in [1.54, 1.807) is 12.1 Å². The Bertz CT molecular complexity index is 1150. The highest BCUT2D eigenvalue weighted by Crippen LogP contribution is 2.26. The molecule has 31 heavy (non-hydrogen) atoms. The highest BCUT2D eigenvalue weighted by atomic mass is 32.2. The van der Waals surface area contributed by atoms with E-state index in [4.69, 9.17) is 0 Å². The number of hydrogen-bond donors (Lipinski definition) is 3. The Morgan fingerprint density at radius 2 is 1.97 bits per heavy atom. The van der Waals surface area contributed by atoms with Crippen LogP contribution in [0, 0.1) is 13.8 Å². The van der Waals surface area contributed by atoms with Gasteiger partial charge in [-0.2, -0.15) is 0 Å². The van der Waals surface area contributed by atoms with Crippen LogP contribution >= 0.6 is 23.1 Å². The van der Waals surface area contributed by atoms with Gasteiger partial charge in [-0.1, -0.05) is 12.1 Å². The molecule has 3 N–H and O–H groups in total. The summed E-state index contributed by atoms with van der Waals surface area (Å²) in [6, 6.07) is 7.11. The van der Waals surface area contributed by atoms with Gasteiger partial charge in [-0.05, 0) is 44.0 Å². The Morgan fingerprint density at radius 3 is 2.65 bits per heavy atom. The van der Waals surface area contributed by atoms with Crippen LogP contribution in [0.1, 0.15) is 28.8 Å². The van der Waals surface area contributed by atoms with E-state index in [-0.39, 0.29) is 16.7 Å². The Kier molecular flexibility index (Phi) is 7.34. The van der Waals surface area contributed by atoms with E-state index in [0.717, 1.165) is 20.8 Å². The van der Waals surface area contributed by atoms with E-state index in [1.165, 1.54) is 30.2 Å². The van der Waals surface area contributed by atoms with E-state index in [0.29, 0.717) is 29.2 Å². The minimum atomic E-state index is -0.536. The SMILES string of the molecule is COC(=O)Nc1ccc(CNC(=O)C(C)SCc2nc3sc(C)c(C)c3c(=O)[nH]2)cc1. The molecule has 3 aromatic rings. The molecule has 3 rings (SSSR count). The molecular weight excluding hydrogens is 436 g/mol. The molecule has 0 aliphatic carbocycles. The Hall–Kier alpha value is -2.85. The van der Waals surface area contributed by atoms with Crippen molar-refractivity contribution in [3.05, 3.63) is 56.4 Å². The molecule has 0 aliphatic heterocycles. The maximum absolute atomic E-state index is 12.4. The fraction of sp³-hybridized carbons (Fsp3) is 0.333. The fourth-order valence-corrected chi connectivity index (χ4v) is 4.68. The van der Waals surface area contributed by atoms with Crippen molar-refractivity contribution in [2.75, 3.05) is 12.4 Å². The average Bonchev–Trinajstić information content (AvgIpc) is 3.04. The molecule has 10 heteroatoms. The molecule has 0 bridgehead atoms. The molecule has 0 saturated heterocycles. The van der Waals surface area contributed by atoms with Gasteiger partial charge in [0.25, 0.3) is 5.56 Å². The van der Waals surface area contributed by atoms with Crippen molar-refractivity contribution in [3.8, 4) is 0 Å². The molecule has 0 fully saturated rings. The molecule has 1 unspecified atom stereocenters. The Labute approximate surface area is 187 Å². The molecule has 1 aromatic carbocycles. The molecule has 2 amide bonds. The molecule has 1 atom stereocenters. The largest absolute Gasteiger partial charge is 0.453 e. The smallest absolute Gasteiger partial charge is 0.411 e. The van der Waals surface area contributed by atoms with Crippen molar-refractivity contribution in [1.29, 1.82) is 0 Å². The van der Waals surface area contributed by atoms with Crippen LogP contribution in [-0.2, 0) is 21.8 Å². The summed E-state index contributed by atoms with van der Waals surface area (Å²) in [5.41, 5.74) is 2.35. The van der Waals surface area contributed by atoms with Gasteiger partial charge in [0.15, 0.2) is 0 Å². The number of thioether (sulfide) groups is 1. The molecule has 8 nitrogen and oxygen atoms in total. The van der Waals surface area contributed by atoms with Crippen LogP contribution in [0.4, 0.5) is 10.5 Å². The third-order valence-electron chi connectivity index (χ3n) is 4.78. The zero-order valence-electron chi connectivity index (χ0n) is 17.7. The third-order valence-corrected chi connectivity index (χ3v) is 7.04. The zero-order chi connectivity index (χ0) is 22.5. The third kappa shape index (κ3) is 5.65. The predicted molar refractivity (Wildman–Crippen MR) is 125 cm³/mol. The summed E-state index contributed by atoms with van der Waals surface area (Å²) < 4.78 is 4.55. The summed E-state index contributed by atoms with van der Waals surface area (Å²) in [5.74, 6) is 0.897. The molecule has 0 spiro atoms. The van der Waals surface area contributed by atoms with E-state index in [2.05, 4.69) is 25.3 Å². The number of amides is 2. The van der Waals surface area contributed by atoms with E-state index < -0.39 is 6.09 Å². The van der Waals surface area contributed by atoms with Crippen LogP contribution in [-0.4, -0.2) is 34.3 Å². The van der Waals surface area contributed by atoms with Gasteiger partial charge in [-0.15, -0.1) is 23.1 Å². The number of rotatable bonds is 7. The average molecular weight is 461 g/mol. The molecule has 0 aliphatic rings. The van der Waals surface area contributed by atoms with Crippen molar-refractivity contribution in [3.63, 3.8) is 0 Å². The minimum Gasteiger partial charge on any atom is -0.453 e. The second-order valence-corrected chi connectivity index (χ2v) is 9.49. The first-order valence-electron chi connectivity index (χ1n) is 9.60. The fourth-order valence-electron chi connectivity index (χ4n) is 2.85. The van der Waals surface area contributed by atoms with Crippen molar-refractivity contribution in [2.24, 2.45) is 0 Å². The first-order valence-corrected chi connectivity index (χ1v) is 11.5. The van der Waals surface area contributed by atoms with Crippen LogP contribution in [0.5, 0.6) is 0 Å². The van der Waals surface area contributed by atoms with Gasteiger partial charge in [-0.3, -0.25) is 14.9 Å². The molecule has 164 valence electrons. The summed E-state index contributed by atoms with van der Waals surface area (Å²) in [7, 11) is 1.30. The zero-order valence-corrected chi connectivity index (χ0v) is 19.3. The van der Waals surface area contributed by atoms with Gasteiger partial charge in [0, 0.05) is 17.1 Å². The maximum atomic E-state index is 12.4. The van der Waals surface area contributed by atoms with Gasteiger partial charge in [0.05, 0.1) is 23.5 Å². The second-order valence-electron chi connectivity index (χ2n) is 6.96. The van der Waals surface area contributed by atoms with Crippen LogP contribution < -0.4 is 16.2 Å². The maximum Gasteiger partial charge on any atom is 0.411 e. The van der Waals surface area contributed by atoms with Crippen LogP contribution in [0.3, 0.4) is 0 Å². The number of carbonyl (C=O) groups is 2. The number of hydrogen-bond acceptors (Lipinski definition) is 7. The Balaban J connectivity index is 1.52. The van der Waals surface area contributed by atoms with E-state index >= 15 is 0 Å². The van der Waals surface area contributed by atoms with Gasteiger partial charge in [-0.25, -0.2) is 9.78 Å². The summed E-state index contributed by atoms with van der Waals surface area (Å²) in [5, 5.41) is 5.80. The number of thiophene rings is 1. The lowest BCUT2D eigenvalue weighted by Gasteiger charge is -2.12. The molecule has 2 aromatic heterocycles. The number of ether oxygens (including phenoxy) is 1. The standard InChI is InChI=1S/C21H24N4O4S2/c1-11-12(2)31-20-17(11)19(27)24-16(25-20)10-30-13(3)18(26)22-9-14-5-7-15(8-6-14)23-21(28)29-4/h5-8,13H,9-10H2,1-4H3,(H,22,26)(H,23,28)(H,24,25,27). The number of carbonyl (C=O) groups excluding carboxylic acids is 2. The lowest BCUT2D eigenvalue weighted by atomic mass is 10.2. The first kappa shape index (κ1) is 22.8. The predicted octanol–water partition coefficient (Wildman–Crippen LogP) is 3.72. The molecule has 2 heterocycles. The van der Waals surface area contributed by atoms with Gasteiger partial charge < -0.3 is 15.0 Å². The van der Waals surface area contributed by atoms with Gasteiger partial charge in [0.1, 0.15) is 10.7 Å². The van der Waals surface area contributed by atoms with Crippen LogP contribution in [0.15, 0.2) is 29.1 Å². The van der Waals surface area contributed by atoms with Crippen LogP contribution in [0.2, 0.25) is 0 Å². The number of aromatic nitrogens is 2. The molecular formula is C21H24N4O4S2. The Morgan fingerprint density at radius 1 is 1.26 bits per heavy atom. The second kappa shape index (κ2) is 9.97. The number of nitrogens with zero attached hydrogens (tertiary/aromatic N) is 1. The summed E-state index contributed by atoms with van der Waals surface area (Å²) in [4.78, 5) is 45.2. The van der Waals surface area contributed by atoms with Crippen molar-refractivity contribution in [1.82, 2.24) is 15.3 Å². The van der Waals surface area contributed by atoms with Crippen molar-refractivity contribution in [2.45, 2.75) is 38.3 Å². The van der Waals surface area contributed by atoms with Gasteiger partial charge >= 0.3 is 6.09 Å². The minimum absolute atomic E-state index is 0.104. The number of nitrogens with one attached hydrogen (secondary N) is 3. The monoisotopic (exact) mass is 460 g/mol. The first-order chi connectivity index (χ1) is 14.8. The van der Waals surface area contributed by atoms with Gasteiger partial charge in [0.2, 0.25) is 5.91 Å². The summed E-state index contributed by atoms with van der Waals surface area (Å²) in [6.45, 7) is 6.09. The number of aromatic amines is 1. The highest BCUT2D eigenvalue weighted by Gasteiger charge is 2.16. The van der Waals surface area contributed by atoms with E-state index in [9.17, 15) is 14.4 Å². The van der Waals surface area contributed by atoms with Crippen LogP contribution in [0.25, 0.3) is 10.2 Å². The quantitative estimate of drug-likeness (QED) is 0.495. The number of methoxy groups -OCH3 is 1. The lowest BCUT2D eigenvalue weighted by molar-refractivity contribution is -0.120. The number of fused-ring (bicyclic) bond motifs is 1.